The molecular formula is C13H18ClN3O2. The normalized spacial score (nSPS) is 12.8. The number of rotatable bonds is 6. The Kier molecular flexibility index (Phi) is 4.63. The maximum absolute atomic E-state index is 9.88. The van der Waals surface area contributed by atoms with Crippen molar-refractivity contribution in [2.45, 2.75) is 26.0 Å². The van der Waals surface area contributed by atoms with Crippen LogP contribution in [0, 0.1) is 0 Å². The van der Waals surface area contributed by atoms with Crippen molar-refractivity contribution in [3.8, 4) is 0 Å². The number of nitrogens with zero attached hydrogens (tertiary/aromatic N) is 2. The van der Waals surface area contributed by atoms with Crippen molar-refractivity contribution in [1.82, 2.24) is 15.1 Å². The van der Waals surface area contributed by atoms with E-state index in [1.165, 1.54) is 0 Å². The molecule has 5 nitrogen and oxygen atoms in total. The molecule has 2 rings (SSSR count). The van der Waals surface area contributed by atoms with Crippen molar-refractivity contribution in [2.75, 3.05) is 6.54 Å². The van der Waals surface area contributed by atoms with Crippen LogP contribution in [-0.4, -0.2) is 21.4 Å². The van der Waals surface area contributed by atoms with Crippen LogP contribution >= 0.6 is 11.6 Å². The van der Waals surface area contributed by atoms with Gasteiger partial charge in [-0.15, -0.1) is 0 Å². The Hall–Kier alpha value is -1.30. The lowest BCUT2D eigenvalue weighted by Gasteiger charge is -2.09. The highest BCUT2D eigenvalue weighted by Crippen LogP contribution is 2.20. The van der Waals surface area contributed by atoms with Gasteiger partial charge in [-0.3, -0.25) is 4.68 Å². The lowest BCUT2D eigenvalue weighted by Crippen LogP contribution is -2.21. The van der Waals surface area contributed by atoms with Gasteiger partial charge in [0.1, 0.15) is 17.0 Å². The first kappa shape index (κ1) is 14.1. The Labute approximate surface area is 117 Å². The third-order valence-corrected chi connectivity index (χ3v) is 3.47. The maximum Gasteiger partial charge on any atom is 0.133 e. The van der Waals surface area contributed by atoms with E-state index in [-0.39, 0.29) is 0 Å². The lowest BCUT2D eigenvalue weighted by atomic mass is 10.2. The molecule has 0 spiro atoms. The molecular weight excluding hydrogens is 266 g/mol. The van der Waals surface area contributed by atoms with E-state index in [9.17, 15) is 5.11 Å². The minimum absolute atomic E-state index is 0.405. The topological polar surface area (TPSA) is 63.2 Å². The zero-order chi connectivity index (χ0) is 13.8. The number of hydrogen-bond acceptors (Lipinski definition) is 4. The van der Waals surface area contributed by atoms with Crippen LogP contribution in [0.1, 0.15) is 30.0 Å². The van der Waals surface area contributed by atoms with Crippen LogP contribution in [0.2, 0.25) is 5.15 Å². The predicted molar refractivity (Wildman–Crippen MR) is 73.0 cm³/mol. The summed E-state index contributed by atoms with van der Waals surface area (Å²) in [6, 6.07) is 3.51. The van der Waals surface area contributed by atoms with Gasteiger partial charge >= 0.3 is 0 Å². The second kappa shape index (κ2) is 6.23. The molecule has 0 aromatic carbocycles. The molecule has 0 amide bonds. The summed E-state index contributed by atoms with van der Waals surface area (Å²) in [5.41, 5.74) is 1.96. The number of aliphatic hydroxyl groups excluding tert-OH is 1. The fourth-order valence-electron chi connectivity index (χ4n) is 1.97. The van der Waals surface area contributed by atoms with Gasteiger partial charge in [0, 0.05) is 25.7 Å². The smallest absolute Gasteiger partial charge is 0.133 e. The minimum atomic E-state index is -0.657. The number of halogens is 1. The van der Waals surface area contributed by atoms with Crippen LogP contribution in [0.15, 0.2) is 22.8 Å². The van der Waals surface area contributed by atoms with Gasteiger partial charge in [0.25, 0.3) is 0 Å². The number of hydrogen-bond donors (Lipinski definition) is 2. The molecule has 6 heteroatoms. The maximum atomic E-state index is 9.88. The first-order chi connectivity index (χ1) is 9.13. The second-order valence-electron chi connectivity index (χ2n) is 4.36. The molecule has 2 heterocycles. The van der Waals surface area contributed by atoms with Gasteiger partial charge in [0.05, 0.1) is 12.0 Å². The average molecular weight is 284 g/mol. The molecule has 2 N–H and O–H groups in total. The van der Waals surface area contributed by atoms with Crippen LogP contribution in [0.5, 0.6) is 0 Å². The molecule has 0 saturated heterocycles. The Balaban J connectivity index is 1.92. The Morgan fingerprint density at radius 3 is 3.00 bits per heavy atom. The van der Waals surface area contributed by atoms with Crippen molar-refractivity contribution in [3.05, 3.63) is 40.6 Å². The van der Waals surface area contributed by atoms with Crippen molar-refractivity contribution in [1.29, 1.82) is 0 Å². The van der Waals surface area contributed by atoms with Gasteiger partial charge in [-0.05, 0) is 18.6 Å². The molecule has 0 bridgehead atoms. The molecule has 1 unspecified atom stereocenters. The largest absolute Gasteiger partial charge is 0.467 e. The van der Waals surface area contributed by atoms with Crippen LogP contribution < -0.4 is 5.32 Å². The number of aryl methyl sites for hydroxylation is 2. The first-order valence-electron chi connectivity index (χ1n) is 6.26. The fraction of sp³-hybridized carbons (Fsp3) is 0.462. The van der Waals surface area contributed by atoms with Crippen molar-refractivity contribution in [3.63, 3.8) is 0 Å². The summed E-state index contributed by atoms with van der Waals surface area (Å²) in [6.07, 6.45) is 1.72. The first-order valence-corrected chi connectivity index (χ1v) is 6.63. The van der Waals surface area contributed by atoms with E-state index in [1.54, 1.807) is 23.1 Å². The number of nitrogens with one attached hydrogen (secondary N) is 1. The number of furan rings is 1. The van der Waals surface area contributed by atoms with Crippen LogP contribution in [-0.2, 0) is 20.0 Å². The van der Waals surface area contributed by atoms with E-state index in [2.05, 4.69) is 10.4 Å². The summed E-state index contributed by atoms with van der Waals surface area (Å²) in [7, 11) is 1.82. The monoisotopic (exact) mass is 283 g/mol. The summed E-state index contributed by atoms with van der Waals surface area (Å²) < 4.78 is 6.81. The Bertz CT molecular complexity index is 522. The molecule has 0 aliphatic heterocycles. The zero-order valence-electron chi connectivity index (χ0n) is 11.1. The number of aromatic nitrogens is 2. The van der Waals surface area contributed by atoms with Crippen LogP contribution in [0.25, 0.3) is 0 Å². The Morgan fingerprint density at radius 1 is 1.58 bits per heavy atom. The standard InChI is InChI=1S/C13H18ClN3O2/c1-3-10-9(13(14)17(2)16-10)7-15-8-11(18)12-5-4-6-19-12/h4-6,11,15,18H,3,7-8H2,1-2H3. The molecule has 19 heavy (non-hydrogen) atoms. The van der Waals surface area contributed by atoms with Gasteiger partial charge in [-0.2, -0.15) is 5.10 Å². The number of aliphatic hydroxyl groups is 1. The molecule has 0 aliphatic carbocycles. The van der Waals surface area contributed by atoms with Crippen molar-refractivity contribution < 1.29 is 9.52 Å². The molecule has 2 aromatic heterocycles. The van der Waals surface area contributed by atoms with E-state index in [0.29, 0.717) is 24.0 Å². The van der Waals surface area contributed by atoms with Gasteiger partial charge in [0.2, 0.25) is 0 Å². The highest BCUT2D eigenvalue weighted by atomic mass is 35.5. The predicted octanol–water partition coefficient (Wildman–Crippen LogP) is 2.05. The molecule has 0 radical (unpaired) electrons. The molecule has 2 aromatic rings. The Morgan fingerprint density at radius 2 is 2.37 bits per heavy atom. The summed E-state index contributed by atoms with van der Waals surface area (Å²) in [5.74, 6) is 0.556. The second-order valence-corrected chi connectivity index (χ2v) is 4.71. The van der Waals surface area contributed by atoms with E-state index in [0.717, 1.165) is 17.7 Å². The lowest BCUT2D eigenvalue weighted by molar-refractivity contribution is 0.147. The summed E-state index contributed by atoms with van der Waals surface area (Å²) in [5, 5.41) is 18.0. The van der Waals surface area contributed by atoms with Gasteiger partial charge in [-0.1, -0.05) is 18.5 Å². The van der Waals surface area contributed by atoms with Crippen LogP contribution in [0.3, 0.4) is 0 Å². The molecule has 0 aliphatic rings. The summed E-state index contributed by atoms with van der Waals surface area (Å²) in [6.45, 7) is 3.02. The van der Waals surface area contributed by atoms with E-state index < -0.39 is 6.10 Å². The van der Waals surface area contributed by atoms with Crippen molar-refractivity contribution in [2.24, 2.45) is 7.05 Å². The highest BCUT2D eigenvalue weighted by Gasteiger charge is 2.14. The van der Waals surface area contributed by atoms with E-state index in [4.69, 9.17) is 16.0 Å². The third kappa shape index (κ3) is 3.18. The fourth-order valence-corrected chi connectivity index (χ4v) is 2.19. The minimum Gasteiger partial charge on any atom is -0.467 e. The summed E-state index contributed by atoms with van der Waals surface area (Å²) in [4.78, 5) is 0. The molecule has 104 valence electrons. The highest BCUT2D eigenvalue weighted by molar-refractivity contribution is 6.30. The average Bonchev–Trinajstić information content (AvgIpc) is 3.01. The SMILES string of the molecule is CCc1nn(C)c(Cl)c1CNCC(O)c1ccco1. The quantitative estimate of drug-likeness (QED) is 0.852. The van der Waals surface area contributed by atoms with Crippen LogP contribution in [0.4, 0.5) is 0 Å². The van der Waals surface area contributed by atoms with Gasteiger partial charge in [0.15, 0.2) is 0 Å². The molecule has 1 atom stereocenters. The zero-order valence-corrected chi connectivity index (χ0v) is 11.8. The van der Waals surface area contributed by atoms with Gasteiger partial charge in [-0.25, -0.2) is 0 Å². The van der Waals surface area contributed by atoms with Crippen molar-refractivity contribution >= 4 is 11.6 Å². The van der Waals surface area contributed by atoms with E-state index >= 15 is 0 Å². The molecule has 0 saturated carbocycles. The molecule has 0 fully saturated rings. The summed E-state index contributed by atoms with van der Waals surface area (Å²) >= 11 is 6.19. The van der Waals surface area contributed by atoms with Gasteiger partial charge < -0.3 is 14.8 Å². The van der Waals surface area contributed by atoms with E-state index in [1.807, 2.05) is 14.0 Å². The third-order valence-electron chi connectivity index (χ3n) is 3.00.